The van der Waals surface area contributed by atoms with Crippen molar-refractivity contribution in [2.45, 2.75) is 0 Å². The van der Waals surface area contributed by atoms with E-state index in [0.717, 1.165) is 17.3 Å². The minimum Gasteiger partial charge on any atom is -0.300 e. The lowest BCUT2D eigenvalue weighted by Gasteiger charge is -1.99. The van der Waals surface area contributed by atoms with Crippen LogP contribution in [-0.2, 0) is 4.79 Å². The summed E-state index contributed by atoms with van der Waals surface area (Å²) in [5.41, 5.74) is 1.19. The third-order valence-electron chi connectivity index (χ3n) is 3.12. The largest absolute Gasteiger partial charge is 0.300 e. The molecule has 0 unspecified atom stereocenters. The van der Waals surface area contributed by atoms with Gasteiger partial charge in [0.05, 0.1) is 15.0 Å². The molecule has 0 saturated carbocycles. The number of aliphatic imine (C=N–C) groups is 1. The minimum absolute atomic E-state index is 0.234. The maximum atomic E-state index is 12.2. The molecule has 0 atom stereocenters. The van der Waals surface area contributed by atoms with E-state index in [1.807, 2.05) is 30.3 Å². The van der Waals surface area contributed by atoms with Crippen LogP contribution in [0.15, 0.2) is 58.4 Å². The Balaban J connectivity index is 1.80. The Morgan fingerprint density at radius 3 is 2.54 bits per heavy atom. The first kappa shape index (κ1) is 16.8. The predicted octanol–water partition coefficient (Wildman–Crippen LogP) is 4.39. The standard InChI is InChI=1S/C17H10Cl2N2O2S/c18-12-7-6-11(9-13(12)19)15(22)20-17-21-16(23)14(24-17)8-10-4-2-1-3-5-10/h1-9H,(H,20,21,22,23). The number of rotatable bonds is 2. The minimum atomic E-state index is -0.502. The highest BCUT2D eigenvalue weighted by Gasteiger charge is 2.24. The van der Waals surface area contributed by atoms with Gasteiger partial charge in [0.2, 0.25) is 0 Å². The number of halogens is 2. The smallest absolute Gasteiger partial charge is 0.279 e. The number of hydrogen-bond acceptors (Lipinski definition) is 3. The van der Waals surface area contributed by atoms with Gasteiger partial charge in [-0.1, -0.05) is 53.5 Å². The molecule has 1 aliphatic heterocycles. The molecule has 120 valence electrons. The van der Waals surface area contributed by atoms with Crippen molar-refractivity contribution in [2.75, 3.05) is 0 Å². The van der Waals surface area contributed by atoms with E-state index in [1.54, 1.807) is 6.08 Å². The number of nitrogens with one attached hydrogen (secondary N) is 1. The summed E-state index contributed by atoms with van der Waals surface area (Å²) in [7, 11) is 0. The summed E-state index contributed by atoms with van der Waals surface area (Å²) in [6.07, 6.45) is 1.74. The first-order valence-corrected chi connectivity index (χ1v) is 8.44. The van der Waals surface area contributed by atoms with Gasteiger partial charge in [-0.15, -0.1) is 0 Å². The number of benzene rings is 2. The third-order valence-corrected chi connectivity index (χ3v) is 4.77. The molecular weight excluding hydrogens is 367 g/mol. The van der Waals surface area contributed by atoms with Gasteiger partial charge in [0.25, 0.3) is 11.8 Å². The zero-order valence-corrected chi connectivity index (χ0v) is 14.5. The number of amides is 2. The van der Waals surface area contributed by atoms with Crippen LogP contribution in [0.1, 0.15) is 15.9 Å². The molecule has 24 heavy (non-hydrogen) atoms. The molecule has 3 rings (SSSR count). The second kappa shape index (κ2) is 7.21. The van der Waals surface area contributed by atoms with E-state index >= 15 is 0 Å². The van der Waals surface area contributed by atoms with Gasteiger partial charge in [0, 0.05) is 5.56 Å². The quantitative estimate of drug-likeness (QED) is 0.790. The molecule has 2 amide bonds. The fourth-order valence-electron chi connectivity index (χ4n) is 1.97. The van der Waals surface area contributed by atoms with Crippen molar-refractivity contribution in [3.8, 4) is 0 Å². The van der Waals surface area contributed by atoms with Gasteiger partial charge in [-0.3, -0.25) is 9.59 Å². The van der Waals surface area contributed by atoms with Crippen molar-refractivity contribution >= 4 is 58.0 Å². The molecule has 0 aliphatic carbocycles. The molecule has 0 aromatic heterocycles. The molecule has 1 N–H and O–H groups in total. The van der Waals surface area contributed by atoms with Crippen LogP contribution in [0.2, 0.25) is 10.0 Å². The van der Waals surface area contributed by atoms with E-state index in [4.69, 9.17) is 23.2 Å². The van der Waals surface area contributed by atoms with Gasteiger partial charge in [-0.2, -0.15) is 4.99 Å². The number of amidine groups is 1. The van der Waals surface area contributed by atoms with E-state index in [0.29, 0.717) is 15.5 Å². The fraction of sp³-hybridized carbons (Fsp3) is 0. The highest BCUT2D eigenvalue weighted by atomic mass is 35.5. The summed E-state index contributed by atoms with van der Waals surface area (Å²) in [5, 5.41) is 3.44. The fourth-order valence-corrected chi connectivity index (χ4v) is 3.08. The number of nitrogens with zero attached hydrogens (tertiary/aromatic N) is 1. The van der Waals surface area contributed by atoms with Crippen molar-refractivity contribution in [1.29, 1.82) is 0 Å². The topological polar surface area (TPSA) is 58.5 Å². The lowest BCUT2D eigenvalue weighted by Crippen LogP contribution is -2.20. The highest BCUT2D eigenvalue weighted by Crippen LogP contribution is 2.27. The molecule has 2 aromatic rings. The Labute approximate surface area is 152 Å². The van der Waals surface area contributed by atoms with Gasteiger partial charge in [-0.05, 0) is 41.6 Å². The van der Waals surface area contributed by atoms with Crippen molar-refractivity contribution in [2.24, 2.45) is 4.99 Å². The van der Waals surface area contributed by atoms with Crippen molar-refractivity contribution in [3.05, 3.63) is 74.6 Å². The molecule has 2 aromatic carbocycles. The molecule has 4 nitrogen and oxygen atoms in total. The van der Waals surface area contributed by atoms with Gasteiger partial charge in [0.1, 0.15) is 0 Å². The van der Waals surface area contributed by atoms with Crippen LogP contribution in [0.3, 0.4) is 0 Å². The first-order valence-electron chi connectivity index (χ1n) is 6.87. The summed E-state index contributed by atoms with van der Waals surface area (Å²) < 4.78 is 0. The molecule has 0 bridgehead atoms. The molecule has 1 heterocycles. The van der Waals surface area contributed by atoms with Crippen molar-refractivity contribution in [1.82, 2.24) is 5.32 Å². The Hall–Kier alpha value is -2.08. The summed E-state index contributed by atoms with van der Waals surface area (Å²) in [6.45, 7) is 0. The Morgan fingerprint density at radius 1 is 1.08 bits per heavy atom. The maximum absolute atomic E-state index is 12.2. The van der Waals surface area contributed by atoms with Crippen molar-refractivity contribution in [3.63, 3.8) is 0 Å². The van der Waals surface area contributed by atoms with E-state index in [2.05, 4.69) is 10.3 Å². The van der Waals surface area contributed by atoms with Crippen LogP contribution in [0.5, 0.6) is 0 Å². The predicted molar refractivity (Wildman–Crippen MR) is 98.4 cm³/mol. The monoisotopic (exact) mass is 376 g/mol. The van der Waals surface area contributed by atoms with Crippen LogP contribution in [-0.4, -0.2) is 17.0 Å². The average Bonchev–Trinajstić information content (AvgIpc) is 2.90. The van der Waals surface area contributed by atoms with E-state index < -0.39 is 5.91 Å². The van der Waals surface area contributed by atoms with E-state index in [-0.39, 0.29) is 16.1 Å². The Kier molecular flexibility index (Phi) is 5.04. The van der Waals surface area contributed by atoms with Crippen LogP contribution >= 0.6 is 35.0 Å². The molecule has 1 saturated heterocycles. The highest BCUT2D eigenvalue weighted by molar-refractivity contribution is 8.18. The summed E-state index contributed by atoms with van der Waals surface area (Å²) in [6, 6.07) is 13.9. The molecular formula is C17H10Cl2N2O2S. The second-order valence-electron chi connectivity index (χ2n) is 4.83. The number of hydrogen-bond donors (Lipinski definition) is 1. The van der Waals surface area contributed by atoms with Gasteiger partial charge >= 0.3 is 0 Å². The van der Waals surface area contributed by atoms with Gasteiger partial charge < -0.3 is 5.32 Å². The lowest BCUT2D eigenvalue weighted by molar-refractivity contribution is -0.115. The summed E-state index contributed by atoms with van der Waals surface area (Å²) >= 11 is 12.8. The lowest BCUT2D eigenvalue weighted by atomic mass is 10.2. The Morgan fingerprint density at radius 2 is 1.83 bits per heavy atom. The number of thioether (sulfide) groups is 1. The molecule has 0 radical (unpaired) electrons. The first-order chi connectivity index (χ1) is 11.5. The zero-order chi connectivity index (χ0) is 17.1. The van der Waals surface area contributed by atoms with Gasteiger partial charge in [0.15, 0.2) is 5.17 Å². The van der Waals surface area contributed by atoms with Crippen LogP contribution < -0.4 is 5.32 Å². The van der Waals surface area contributed by atoms with Crippen LogP contribution in [0.25, 0.3) is 6.08 Å². The van der Waals surface area contributed by atoms with E-state index in [9.17, 15) is 9.59 Å². The van der Waals surface area contributed by atoms with Crippen molar-refractivity contribution < 1.29 is 9.59 Å². The summed E-state index contributed by atoms with van der Waals surface area (Å²) in [4.78, 5) is 28.5. The average molecular weight is 377 g/mol. The zero-order valence-electron chi connectivity index (χ0n) is 12.1. The van der Waals surface area contributed by atoms with Gasteiger partial charge in [-0.25, -0.2) is 0 Å². The van der Waals surface area contributed by atoms with Crippen LogP contribution in [0.4, 0.5) is 0 Å². The number of carbonyl (C=O) groups is 2. The maximum Gasteiger partial charge on any atom is 0.279 e. The second-order valence-corrected chi connectivity index (χ2v) is 6.67. The molecule has 1 fully saturated rings. The molecule has 7 heteroatoms. The summed E-state index contributed by atoms with van der Waals surface area (Å²) in [5.74, 6) is -0.790. The molecule has 1 aliphatic rings. The Bertz CT molecular complexity index is 879. The third kappa shape index (κ3) is 3.87. The number of carbonyl (C=O) groups excluding carboxylic acids is 2. The normalized spacial score (nSPS) is 17.3. The van der Waals surface area contributed by atoms with E-state index in [1.165, 1.54) is 18.2 Å². The van der Waals surface area contributed by atoms with Crippen LogP contribution in [0, 0.1) is 0 Å². The SMILES string of the molecule is O=C1NC(=NC(=O)c2ccc(Cl)c(Cl)c2)SC1=Cc1ccccc1. The molecule has 0 spiro atoms.